The number of aromatic nitrogens is 2. The van der Waals surface area contributed by atoms with Crippen LogP contribution in [0.25, 0.3) is 11.1 Å². The van der Waals surface area contributed by atoms with Gasteiger partial charge in [-0.2, -0.15) is 0 Å². The summed E-state index contributed by atoms with van der Waals surface area (Å²) in [5.74, 6) is 7.29. The Hall–Kier alpha value is -3.15. The molecule has 0 bridgehead atoms. The van der Waals surface area contributed by atoms with Crippen LogP contribution in [0.3, 0.4) is 0 Å². The first-order valence-electron chi connectivity index (χ1n) is 10.5. The maximum Gasteiger partial charge on any atom is 0.138 e. The SMILES string of the molecule is C[C@H](O)c1nccn1C(C#Cc1ccc(-c2ccc(OCCC(O)CO)cc2)cc1)CO. The van der Waals surface area contributed by atoms with E-state index in [4.69, 9.17) is 9.84 Å². The van der Waals surface area contributed by atoms with Gasteiger partial charge in [0.05, 0.1) is 25.9 Å². The van der Waals surface area contributed by atoms with Crippen molar-refractivity contribution in [1.29, 1.82) is 0 Å². The molecule has 3 rings (SSSR count). The molecule has 1 aromatic heterocycles. The number of rotatable bonds is 9. The van der Waals surface area contributed by atoms with Crippen molar-refractivity contribution in [3.8, 4) is 28.7 Å². The number of hydrogen-bond acceptors (Lipinski definition) is 6. The average molecular weight is 437 g/mol. The Labute approximate surface area is 187 Å². The van der Waals surface area contributed by atoms with Crippen LogP contribution < -0.4 is 4.74 Å². The molecule has 2 aromatic carbocycles. The van der Waals surface area contributed by atoms with Gasteiger partial charge in [-0.15, -0.1) is 0 Å². The zero-order chi connectivity index (χ0) is 22.9. The molecular formula is C25H28N2O5. The molecule has 7 nitrogen and oxygen atoms in total. The second kappa shape index (κ2) is 11.5. The highest BCUT2D eigenvalue weighted by atomic mass is 16.5. The second-order valence-electron chi connectivity index (χ2n) is 7.41. The third-order valence-corrected chi connectivity index (χ3v) is 4.97. The number of ether oxygens (including phenoxy) is 1. The fraction of sp³-hybridized carbons (Fsp3) is 0.320. The monoisotopic (exact) mass is 436 g/mol. The first-order valence-corrected chi connectivity index (χ1v) is 10.5. The fourth-order valence-electron chi connectivity index (χ4n) is 3.18. The highest BCUT2D eigenvalue weighted by Gasteiger charge is 2.14. The van der Waals surface area contributed by atoms with Gasteiger partial charge in [0.2, 0.25) is 0 Å². The molecule has 2 unspecified atom stereocenters. The van der Waals surface area contributed by atoms with E-state index in [1.165, 1.54) is 0 Å². The lowest BCUT2D eigenvalue weighted by Gasteiger charge is -2.14. The van der Waals surface area contributed by atoms with Crippen LogP contribution in [0.15, 0.2) is 60.9 Å². The maximum absolute atomic E-state index is 9.81. The van der Waals surface area contributed by atoms with Crippen LogP contribution >= 0.6 is 0 Å². The third-order valence-electron chi connectivity index (χ3n) is 4.97. The third kappa shape index (κ3) is 6.19. The minimum Gasteiger partial charge on any atom is -0.493 e. The molecule has 0 saturated carbocycles. The van der Waals surface area contributed by atoms with Gasteiger partial charge in [-0.3, -0.25) is 0 Å². The van der Waals surface area contributed by atoms with Crippen molar-refractivity contribution in [1.82, 2.24) is 9.55 Å². The Balaban J connectivity index is 1.65. The average Bonchev–Trinajstić information content (AvgIpc) is 3.30. The van der Waals surface area contributed by atoms with E-state index in [9.17, 15) is 15.3 Å². The summed E-state index contributed by atoms with van der Waals surface area (Å²) in [4.78, 5) is 4.12. The zero-order valence-corrected chi connectivity index (χ0v) is 17.9. The van der Waals surface area contributed by atoms with Crippen molar-refractivity contribution in [3.63, 3.8) is 0 Å². The van der Waals surface area contributed by atoms with Gasteiger partial charge in [0, 0.05) is 24.4 Å². The topological polar surface area (TPSA) is 108 Å². The first kappa shape index (κ1) is 23.5. The van der Waals surface area contributed by atoms with Crippen LogP contribution in [0.2, 0.25) is 0 Å². The molecule has 4 N–H and O–H groups in total. The molecule has 168 valence electrons. The standard InChI is InChI=1S/C25H28N2O5/c1-18(30)25-26-13-14-27(25)22(16-28)9-4-19-2-5-20(6-3-19)21-7-10-24(11-8-21)32-15-12-23(31)17-29/h2-3,5-8,10-11,13-14,18,22-23,28-31H,12,15-17H2,1H3/t18-,22?,23?/m0/s1. The van der Waals surface area contributed by atoms with E-state index in [-0.39, 0.29) is 13.2 Å². The van der Waals surface area contributed by atoms with Crippen molar-refractivity contribution >= 4 is 0 Å². The molecule has 32 heavy (non-hydrogen) atoms. The van der Waals surface area contributed by atoms with E-state index in [0.29, 0.717) is 24.6 Å². The van der Waals surface area contributed by atoms with Gasteiger partial charge in [0.15, 0.2) is 0 Å². The van der Waals surface area contributed by atoms with Gasteiger partial charge in [-0.25, -0.2) is 4.98 Å². The number of nitrogens with zero attached hydrogens (tertiary/aromatic N) is 2. The van der Waals surface area contributed by atoms with Crippen LogP contribution in [-0.2, 0) is 0 Å². The summed E-state index contributed by atoms with van der Waals surface area (Å²) in [7, 11) is 0. The summed E-state index contributed by atoms with van der Waals surface area (Å²) < 4.78 is 7.26. The maximum atomic E-state index is 9.81. The van der Waals surface area contributed by atoms with Gasteiger partial charge >= 0.3 is 0 Å². The van der Waals surface area contributed by atoms with Crippen LogP contribution in [0.4, 0.5) is 0 Å². The fourth-order valence-corrected chi connectivity index (χ4v) is 3.18. The van der Waals surface area contributed by atoms with Gasteiger partial charge in [-0.05, 0) is 42.3 Å². The van der Waals surface area contributed by atoms with E-state index < -0.39 is 18.2 Å². The van der Waals surface area contributed by atoms with Gasteiger partial charge in [0.1, 0.15) is 23.7 Å². The summed E-state index contributed by atoms with van der Waals surface area (Å²) in [6.07, 6.45) is 2.14. The smallest absolute Gasteiger partial charge is 0.138 e. The Kier molecular flexibility index (Phi) is 8.42. The summed E-state index contributed by atoms with van der Waals surface area (Å²) >= 11 is 0. The second-order valence-corrected chi connectivity index (χ2v) is 7.41. The molecule has 0 aliphatic rings. The van der Waals surface area contributed by atoms with Crippen molar-refractivity contribution in [2.24, 2.45) is 0 Å². The largest absolute Gasteiger partial charge is 0.493 e. The molecule has 0 fully saturated rings. The Morgan fingerprint density at radius 1 is 0.969 bits per heavy atom. The molecule has 0 radical (unpaired) electrons. The van der Waals surface area contributed by atoms with Crippen molar-refractivity contribution < 1.29 is 25.2 Å². The van der Waals surface area contributed by atoms with Crippen molar-refractivity contribution in [2.45, 2.75) is 31.6 Å². The van der Waals surface area contributed by atoms with Crippen LogP contribution in [0.1, 0.15) is 36.9 Å². The molecular weight excluding hydrogens is 408 g/mol. The molecule has 0 amide bonds. The molecule has 0 aliphatic heterocycles. The Morgan fingerprint density at radius 3 is 2.22 bits per heavy atom. The van der Waals surface area contributed by atoms with E-state index in [0.717, 1.165) is 16.7 Å². The van der Waals surface area contributed by atoms with Crippen LogP contribution in [0, 0.1) is 11.8 Å². The number of imidazole rings is 1. The van der Waals surface area contributed by atoms with E-state index >= 15 is 0 Å². The number of benzene rings is 2. The molecule has 7 heteroatoms. The van der Waals surface area contributed by atoms with Gasteiger partial charge in [0.25, 0.3) is 0 Å². The van der Waals surface area contributed by atoms with Crippen molar-refractivity contribution in [2.75, 3.05) is 19.8 Å². The first-order chi connectivity index (χ1) is 15.5. The highest BCUT2D eigenvalue weighted by Crippen LogP contribution is 2.23. The highest BCUT2D eigenvalue weighted by molar-refractivity contribution is 5.65. The van der Waals surface area contributed by atoms with Gasteiger partial charge < -0.3 is 29.7 Å². The van der Waals surface area contributed by atoms with Crippen LogP contribution in [-0.4, -0.2) is 55.9 Å². The van der Waals surface area contributed by atoms with E-state index in [1.807, 2.05) is 48.5 Å². The molecule has 1 heterocycles. The number of aliphatic hydroxyl groups excluding tert-OH is 4. The predicted octanol–water partition coefficient (Wildman–Crippen LogP) is 2.31. The van der Waals surface area contributed by atoms with Gasteiger partial charge in [-0.1, -0.05) is 36.1 Å². The molecule has 0 spiro atoms. The van der Waals surface area contributed by atoms with E-state index in [1.54, 1.807) is 23.9 Å². The van der Waals surface area contributed by atoms with Crippen LogP contribution in [0.5, 0.6) is 5.75 Å². The molecule has 0 aliphatic carbocycles. The molecule has 0 saturated heterocycles. The summed E-state index contributed by atoms with van der Waals surface area (Å²) in [5.41, 5.74) is 2.87. The minimum absolute atomic E-state index is 0.186. The summed E-state index contributed by atoms with van der Waals surface area (Å²) in [6.45, 7) is 1.51. The molecule has 3 atom stereocenters. The zero-order valence-electron chi connectivity index (χ0n) is 17.9. The minimum atomic E-state index is -0.760. The molecule has 3 aromatic rings. The Morgan fingerprint density at radius 2 is 1.62 bits per heavy atom. The van der Waals surface area contributed by atoms with E-state index in [2.05, 4.69) is 16.8 Å². The summed E-state index contributed by atoms with van der Waals surface area (Å²) in [5, 5.41) is 37.7. The summed E-state index contributed by atoms with van der Waals surface area (Å²) in [6, 6.07) is 14.9. The normalized spacial score (nSPS) is 13.7. The Bertz CT molecular complexity index is 1030. The number of aliphatic hydroxyl groups is 4. The quantitative estimate of drug-likeness (QED) is 0.384. The lowest BCUT2D eigenvalue weighted by molar-refractivity contribution is 0.0754. The predicted molar refractivity (Wildman–Crippen MR) is 121 cm³/mol. The lowest BCUT2D eigenvalue weighted by Crippen LogP contribution is -2.15. The lowest BCUT2D eigenvalue weighted by atomic mass is 10.0. The van der Waals surface area contributed by atoms with Crippen molar-refractivity contribution in [3.05, 3.63) is 72.3 Å². The number of hydrogen-bond donors (Lipinski definition) is 4.